The van der Waals surface area contributed by atoms with Gasteiger partial charge in [0.15, 0.2) is 0 Å². The van der Waals surface area contributed by atoms with Crippen LogP contribution in [-0.2, 0) is 9.59 Å². The number of benzene rings is 2. The number of hydrogen-bond donors (Lipinski definition) is 1. The quantitative estimate of drug-likeness (QED) is 0.937. The molecule has 0 aliphatic rings. The molecule has 2 amide bonds. The van der Waals surface area contributed by atoms with Crippen molar-refractivity contribution in [3.05, 3.63) is 59.1 Å². The van der Waals surface area contributed by atoms with Gasteiger partial charge < -0.3 is 10.2 Å². The van der Waals surface area contributed by atoms with Gasteiger partial charge in [0.2, 0.25) is 11.8 Å². The van der Waals surface area contributed by atoms with Crippen molar-refractivity contribution in [2.24, 2.45) is 0 Å². The van der Waals surface area contributed by atoms with Gasteiger partial charge in [0, 0.05) is 17.6 Å². The van der Waals surface area contributed by atoms with Crippen LogP contribution in [0, 0.1) is 11.3 Å². The molecule has 0 spiro atoms. The molecule has 0 saturated carbocycles. The van der Waals surface area contributed by atoms with Gasteiger partial charge in [-0.1, -0.05) is 29.8 Å². The summed E-state index contributed by atoms with van der Waals surface area (Å²) >= 11 is 5.87. The number of halogens is 1. The van der Waals surface area contributed by atoms with Crippen LogP contribution in [0.15, 0.2) is 48.5 Å². The Balaban J connectivity index is 2.18. The summed E-state index contributed by atoms with van der Waals surface area (Å²) in [6, 6.07) is 15.4. The Morgan fingerprint density at radius 2 is 1.96 bits per heavy atom. The summed E-state index contributed by atoms with van der Waals surface area (Å²) in [7, 11) is 0. The van der Waals surface area contributed by atoms with Crippen LogP contribution in [0.3, 0.4) is 0 Å². The third kappa shape index (κ3) is 4.31. The summed E-state index contributed by atoms with van der Waals surface area (Å²) in [5.74, 6) is -0.704. The molecule has 2 rings (SSSR count). The molecule has 0 unspecified atom stereocenters. The second kappa shape index (κ2) is 7.43. The van der Waals surface area contributed by atoms with Crippen molar-refractivity contribution in [2.45, 2.75) is 6.92 Å². The van der Waals surface area contributed by atoms with Gasteiger partial charge >= 0.3 is 0 Å². The predicted molar refractivity (Wildman–Crippen MR) is 89.3 cm³/mol. The van der Waals surface area contributed by atoms with E-state index in [4.69, 9.17) is 16.9 Å². The minimum absolute atomic E-state index is 0.194. The maximum atomic E-state index is 12.2. The monoisotopic (exact) mass is 327 g/mol. The smallest absolute Gasteiger partial charge is 0.244 e. The van der Waals surface area contributed by atoms with E-state index in [0.29, 0.717) is 22.0 Å². The zero-order valence-corrected chi connectivity index (χ0v) is 13.2. The van der Waals surface area contributed by atoms with E-state index in [0.717, 1.165) is 0 Å². The number of amides is 2. The van der Waals surface area contributed by atoms with Crippen LogP contribution in [0.5, 0.6) is 0 Å². The molecule has 116 valence electrons. The first-order chi connectivity index (χ1) is 11.0. The van der Waals surface area contributed by atoms with Crippen LogP contribution in [0.25, 0.3) is 0 Å². The van der Waals surface area contributed by atoms with E-state index in [-0.39, 0.29) is 18.4 Å². The highest BCUT2D eigenvalue weighted by molar-refractivity contribution is 6.30. The van der Waals surface area contributed by atoms with Gasteiger partial charge in [0.25, 0.3) is 0 Å². The minimum atomic E-state index is -0.379. The molecular formula is C17H14ClN3O2. The molecule has 5 nitrogen and oxygen atoms in total. The van der Waals surface area contributed by atoms with Crippen molar-refractivity contribution in [3.8, 4) is 6.07 Å². The molecular weight excluding hydrogens is 314 g/mol. The van der Waals surface area contributed by atoms with Crippen molar-refractivity contribution in [1.29, 1.82) is 5.26 Å². The lowest BCUT2D eigenvalue weighted by molar-refractivity contribution is -0.120. The summed E-state index contributed by atoms with van der Waals surface area (Å²) in [6.07, 6.45) is 0. The first-order valence-corrected chi connectivity index (χ1v) is 7.21. The molecule has 0 fully saturated rings. The maximum Gasteiger partial charge on any atom is 0.244 e. The van der Waals surface area contributed by atoms with Gasteiger partial charge in [-0.3, -0.25) is 9.59 Å². The van der Waals surface area contributed by atoms with Crippen LogP contribution < -0.4 is 10.2 Å². The highest BCUT2D eigenvalue weighted by atomic mass is 35.5. The van der Waals surface area contributed by atoms with Crippen molar-refractivity contribution >= 4 is 34.8 Å². The zero-order chi connectivity index (χ0) is 16.8. The van der Waals surface area contributed by atoms with Crippen LogP contribution in [-0.4, -0.2) is 18.4 Å². The van der Waals surface area contributed by atoms with E-state index < -0.39 is 0 Å². The lowest BCUT2D eigenvalue weighted by atomic mass is 10.1. The second-order valence-electron chi connectivity index (χ2n) is 4.79. The Bertz CT molecular complexity index is 783. The fraction of sp³-hybridized carbons (Fsp3) is 0.118. The van der Waals surface area contributed by atoms with Crippen molar-refractivity contribution in [1.82, 2.24) is 0 Å². The molecule has 2 aromatic rings. The fourth-order valence-corrected chi connectivity index (χ4v) is 2.27. The molecule has 6 heteroatoms. The van der Waals surface area contributed by atoms with Gasteiger partial charge in [0.1, 0.15) is 12.6 Å². The highest BCUT2D eigenvalue weighted by Gasteiger charge is 2.18. The Morgan fingerprint density at radius 1 is 1.22 bits per heavy atom. The lowest BCUT2D eigenvalue weighted by Crippen LogP contribution is -2.37. The van der Waals surface area contributed by atoms with Crippen LogP contribution in [0.1, 0.15) is 12.5 Å². The number of anilines is 2. The highest BCUT2D eigenvalue weighted by Crippen LogP contribution is 2.20. The maximum absolute atomic E-state index is 12.2. The summed E-state index contributed by atoms with van der Waals surface area (Å²) in [5.41, 5.74) is 1.28. The Morgan fingerprint density at radius 3 is 2.61 bits per heavy atom. The molecule has 0 aliphatic heterocycles. The summed E-state index contributed by atoms with van der Waals surface area (Å²) < 4.78 is 0. The first kappa shape index (κ1) is 16.5. The van der Waals surface area contributed by atoms with Crippen LogP contribution >= 0.6 is 11.6 Å². The molecule has 0 aromatic heterocycles. The summed E-state index contributed by atoms with van der Waals surface area (Å²) in [5, 5.41) is 12.3. The topological polar surface area (TPSA) is 73.2 Å². The SMILES string of the molecule is CC(=O)N(CC(=O)Nc1cccc(Cl)c1)c1ccccc1C#N. The van der Waals surface area contributed by atoms with E-state index in [1.54, 1.807) is 48.5 Å². The van der Waals surface area contributed by atoms with Crippen molar-refractivity contribution in [2.75, 3.05) is 16.8 Å². The molecule has 0 saturated heterocycles. The molecule has 0 atom stereocenters. The second-order valence-corrected chi connectivity index (χ2v) is 5.23. The Hall–Kier alpha value is -2.84. The van der Waals surface area contributed by atoms with Crippen LogP contribution in [0.4, 0.5) is 11.4 Å². The molecule has 0 radical (unpaired) electrons. The first-order valence-electron chi connectivity index (χ1n) is 6.84. The van der Waals surface area contributed by atoms with E-state index in [1.165, 1.54) is 11.8 Å². The van der Waals surface area contributed by atoms with E-state index in [2.05, 4.69) is 5.32 Å². The number of nitrogens with one attached hydrogen (secondary N) is 1. The van der Waals surface area contributed by atoms with Crippen LogP contribution in [0.2, 0.25) is 5.02 Å². The largest absolute Gasteiger partial charge is 0.324 e. The van der Waals surface area contributed by atoms with E-state index in [9.17, 15) is 9.59 Å². The average molecular weight is 328 g/mol. The Kier molecular flexibility index (Phi) is 5.34. The third-order valence-electron chi connectivity index (χ3n) is 3.11. The number of rotatable bonds is 4. The van der Waals surface area contributed by atoms with Crippen molar-refractivity contribution < 1.29 is 9.59 Å². The summed E-state index contributed by atoms with van der Waals surface area (Å²) in [4.78, 5) is 25.3. The average Bonchev–Trinajstić information content (AvgIpc) is 2.52. The van der Waals surface area contributed by atoms with Gasteiger partial charge in [-0.2, -0.15) is 5.26 Å². The third-order valence-corrected chi connectivity index (χ3v) is 3.34. The number of nitriles is 1. The van der Waals surface area contributed by atoms with Gasteiger partial charge in [-0.25, -0.2) is 0 Å². The molecule has 0 aliphatic carbocycles. The van der Waals surface area contributed by atoms with Gasteiger partial charge in [0.05, 0.1) is 11.3 Å². The van der Waals surface area contributed by atoms with Gasteiger partial charge in [-0.15, -0.1) is 0 Å². The number of carbonyl (C=O) groups excluding carboxylic acids is 2. The van der Waals surface area contributed by atoms with Crippen molar-refractivity contribution in [3.63, 3.8) is 0 Å². The molecule has 0 bridgehead atoms. The number of hydrogen-bond acceptors (Lipinski definition) is 3. The minimum Gasteiger partial charge on any atom is -0.324 e. The fourth-order valence-electron chi connectivity index (χ4n) is 2.08. The number of nitrogens with zero attached hydrogens (tertiary/aromatic N) is 2. The van der Waals surface area contributed by atoms with E-state index >= 15 is 0 Å². The molecule has 2 aromatic carbocycles. The van der Waals surface area contributed by atoms with Gasteiger partial charge in [-0.05, 0) is 30.3 Å². The zero-order valence-electron chi connectivity index (χ0n) is 12.4. The predicted octanol–water partition coefficient (Wildman–Crippen LogP) is 3.20. The number of para-hydroxylation sites is 1. The summed E-state index contributed by atoms with van der Waals surface area (Å²) in [6.45, 7) is 1.15. The normalized spacial score (nSPS) is 9.78. The Labute approximate surface area is 139 Å². The molecule has 23 heavy (non-hydrogen) atoms. The lowest BCUT2D eigenvalue weighted by Gasteiger charge is -2.21. The van der Waals surface area contributed by atoms with E-state index in [1.807, 2.05) is 6.07 Å². The molecule has 0 heterocycles. The molecule has 1 N–H and O–H groups in total. The standard InChI is InChI=1S/C17H14ClN3O2/c1-12(22)21(16-8-3-2-5-13(16)10-19)11-17(23)20-15-7-4-6-14(18)9-15/h2-9H,11H2,1H3,(H,20,23). The number of carbonyl (C=O) groups is 2.